The van der Waals surface area contributed by atoms with Crippen LogP contribution in [-0.2, 0) is 6.54 Å². The summed E-state index contributed by atoms with van der Waals surface area (Å²) >= 11 is 3.58. The van der Waals surface area contributed by atoms with Gasteiger partial charge < -0.3 is 4.90 Å². The van der Waals surface area contributed by atoms with Crippen LogP contribution in [0.1, 0.15) is 18.3 Å². The lowest BCUT2D eigenvalue weighted by molar-refractivity contribution is 0.220. The number of hydrogen-bond donors (Lipinski definition) is 0. The minimum atomic E-state index is 0.433. The molecule has 0 bridgehead atoms. The van der Waals surface area contributed by atoms with Crippen LogP contribution in [0.3, 0.4) is 0 Å². The Bertz CT molecular complexity index is 632. The number of anilines is 1. The van der Waals surface area contributed by atoms with Crippen LogP contribution in [0.5, 0.6) is 0 Å². The summed E-state index contributed by atoms with van der Waals surface area (Å²) in [6, 6.07) is 11.1. The van der Waals surface area contributed by atoms with Gasteiger partial charge in [0.1, 0.15) is 11.6 Å². The van der Waals surface area contributed by atoms with Crippen molar-refractivity contribution in [3.8, 4) is 0 Å². The molecule has 22 heavy (non-hydrogen) atoms. The van der Waals surface area contributed by atoms with Gasteiger partial charge >= 0.3 is 0 Å². The Morgan fingerprint density at radius 2 is 2.00 bits per heavy atom. The second-order valence-electron chi connectivity index (χ2n) is 5.85. The van der Waals surface area contributed by atoms with Crippen LogP contribution < -0.4 is 4.90 Å². The van der Waals surface area contributed by atoms with Crippen molar-refractivity contribution in [2.24, 2.45) is 0 Å². The van der Waals surface area contributed by atoms with Gasteiger partial charge in [-0.1, -0.05) is 30.3 Å². The van der Waals surface area contributed by atoms with Gasteiger partial charge in [-0.3, -0.25) is 4.90 Å². The quantitative estimate of drug-likeness (QED) is 0.840. The number of benzene rings is 1. The van der Waals surface area contributed by atoms with Gasteiger partial charge in [0.2, 0.25) is 0 Å². The van der Waals surface area contributed by atoms with Crippen molar-refractivity contribution in [1.82, 2.24) is 14.9 Å². The van der Waals surface area contributed by atoms with Crippen molar-refractivity contribution in [3.63, 3.8) is 0 Å². The van der Waals surface area contributed by atoms with E-state index in [-0.39, 0.29) is 0 Å². The van der Waals surface area contributed by atoms with E-state index in [0.717, 1.165) is 42.3 Å². The lowest BCUT2D eigenvalue weighted by atomic mass is 10.1. The van der Waals surface area contributed by atoms with Crippen molar-refractivity contribution in [2.75, 3.05) is 24.5 Å². The molecular formula is C17H21BrN4. The SMILES string of the molecule is Cc1ncc(Br)c(N2CCN(Cc3ccccc3)CC2C)n1. The Balaban J connectivity index is 1.68. The number of nitrogens with zero attached hydrogens (tertiary/aromatic N) is 4. The van der Waals surface area contributed by atoms with Crippen LogP contribution in [0.25, 0.3) is 0 Å². The summed E-state index contributed by atoms with van der Waals surface area (Å²) in [6.45, 7) is 8.30. The van der Waals surface area contributed by atoms with Crippen LogP contribution in [0, 0.1) is 6.92 Å². The van der Waals surface area contributed by atoms with Gasteiger partial charge in [-0.2, -0.15) is 0 Å². The molecule has 0 radical (unpaired) electrons. The Hall–Kier alpha value is -1.46. The van der Waals surface area contributed by atoms with Crippen molar-refractivity contribution in [3.05, 3.63) is 52.4 Å². The van der Waals surface area contributed by atoms with E-state index in [1.165, 1.54) is 5.56 Å². The van der Waals surface area contributed by atoms with E-state index in [0.29, 0.717) is 6.04 Å². The number of aryl methyl sites for hydroxylation is 1. The third-order valence-corrected chi connectivity index (χ3v) is 4.64. The summed E-state index contributed by atoms with van der Waals surface area (Å²) in [5, 5.41) is 0. The second kappa shape index (κ2) is 6.75. The van der Waals surface area contributed by atoms with Gasteiger partial charge in [0.25, 0.3) is 0 Å². The third kappa shape index (κ3) is 3.47. The molecule has 1 aliphatic heterocycles. The standard InChI is InChI=1S/C17H21BrN4/c1-13-11-21(12-15-6-4-3-5-7-15)8-9-22(13)17-16(18)10-19-14(2)20-17/h3-7,10,13H,8-9,11-12H2,1-2H3. The predicted molar refractivity (Wildman–Crippen MR) is 93.0 cm³/mol. The van der Waals surface area contributed by atoms with E-state index in [4.69, 9.17) is 0 Å². The monoisotopic (exact) mass is 360 g/mol. The smallest absolute Gasteiger partial charge is 0.146 e. The molecule has 3 rings (SSSR count). The van der Waals surface area contributed by atoms with E-state index in [1.807, 2.05) is 13.1 Å². The molecule has 0 saturated carbocycles. The molecule has 4 nitrogen and oxygen atoms in total. The number of aromatic nitrogens is 2. The lowest BCUT2D eigenvalue weighted by Crippen LogP contribution is -2.52. The molecule has 0 amide bonds. The van der Waals surface area contributed by atoms with Crippen LogP contribution in [0.15, 0.2) is 41.0 Å². The van der Waals surface area contributed by atoms with Crippen LogP contribution in [0.4, 0.5) is 5.82 Å². The third-order valence-electron chi connectivity index (χ3n) is 4.08. The summed E-state index contributed by atoms with van der Waals surface area (Å²) in [7, 11) is 0. The predicted octanol–water partition coefficient (Wildman–Crippen LogP) is 3.26. The Kier molecular flexibility index (Phi) is 4.74. The highest BCUT2D eigenvalue weighted by molar-refractivity contribution is 9.10. The first kappa shape index (κ1) is 15.4. The average molecular weight is 361 g/mol. The van der Waals surface area contributed by atoms with Crippen molar-refractivity contribution in [1.29, 1.82) is 0 Å². The molecular weight excluding hydrogens is 340 g/mol. The zero-order chi connectivity index (χ0) is 15.5. The highest BCUT2D eigenvalue weighted by atomic mass is 79.9. The number of hydrogen-bond acceptors (Lipinski definition) is 4. The summed E-state index contributed by atoms with van der Waals surface area (Å²) in [5.74, 6) is 1.83. The zero-order valence-electron chi connectivity index (χ0n) is 13.0. The number of rotatable bonds is 3. The van der Waals surface area contributed by atoms with Gasteiger partial charge in [-0.25, -0.2) is 9.97 Å². The van der Waals surface area contributed by atoms with E-state index in [9.17, 15) is 0 Å². The maximum Gasteiger partial charge on any atom is 0.146 e. The molecule has 1 saturated heterocycles. The first-order chi connectivity index (χ1) is 10.6. The normalized spacial score (nSPS) is 19.4. The molecule has 1 aromatic heterocycles. The fourth-order valence-corrected chi connectivity index (χ4v) is 3.40. The van der Waals surface area contributed by atoms with Gasteiger partial charge in [-0.05, 0) is 35.3 Å². The molecule has 5 heteroatoms. The van der Waals surface area contributed by atoms with E-state index < -0.39 is 0 Å². The first-order valence-corrected chi connectivity index (χ1v) is 8.45. The average Bonchev–Trinajstić information content (AvgIpc) is 2.51. The summed E-state index contributed by atoms with van der Waals surface area (Å²) in [5.41, 5.74) is 1.38. The fourth-order valence-electron chi connectivity index (χ4n) is 2.98. The molecule has 1 fully saturated rings. The molecule has 2 aromatic rings. The van der Waals surface area contributed by atoms with Gasteiger partial charge in [0.15, 0.2) is 0 Å². The Morgan fingerprint density at radius 1 is 1.23 bits per heavy atom. The number of piperazine rings is 1. The minimum absolute atomic E-state index is 0.433. The number of halogens is 1. The topological polar surface area (TPSA) is 32.3 Å². The van der Waals surface area contributed by atoms with Crippen molar-refractivity contribution in [2.45, 2.75) is 26.4 Å². The lowest BCUT2D eigenvalue weighted by Gasteiger charge is -2.41. The molecule has 1 unspecified atom stereocenters. The maximum atomic E-state index is 4.61. The fraction of sp³-hybridized carbons (Fsp3) is 0.412. The summed E-state index contributed by atoms with van der Waals surface area (Å²) in [6.07, 6.45) is 1.85. The van der Waals surface area contributed by atoms with E-state index in [1.54, 1.807) is 0 Å². The van der Waals surface area contributed by atoms with E-state index in [2.05, 4.69) is 73.0 Å². The molecule has 0 aliphatic carbocycles. The minimum Gasteiger partial charge on any atom is -0.350 e. The Morgan fingerprint density at radius 3 is 2.73 bits per heavy atom. The van der Waals surface area contributed by atoms with Crippen LogP contribution >= 0.6 is 15.9 Å². The van der Waals surface area contributed by atoms with Gasteiger partial charge in [0, 0.05) is 38.4 Å². The molecule has 1 aromatic carbocycles. The molecule has 116 valence electrons. The molecule has 0 N–H and O–H groups in total. The molecule has 2 heterocycles. The molecule has 1 aliphatic rings. The van der Waals surface area contributed by atoms with Crippen LogP contribution in [-0.4, -0.2) is 40.5 Å². The second-order valence-corrected chi connectivity index (χ2v) is 6.71. The first-order valence-electron chi connectivity index (χ1n) is 7.65. The highest BCUT2D eigenvalue weighted by Gasteiger charge is 2.26. The Labute approximate surface area is 140 Å². The van der Waals surface area contributed by atoms with Crippen molar-refractivity contribution >= 4 is 21.7 Å². The summed E-state index contributed by atoms with van der Waals surface area (Å²) < 4.78 is 0.974. The van der Waals surface area contributed by atoms with Gasteiger partial charge in [0.05, 0.1) is 4.47 Å². The maximum absolute atomic E-state index is 4.61. The zero-order valence-corrected chi connectivity index (χ0v) is 14.6. The van der Waals surface area contributed by atoms with E-state index >= 15 is 0 Å². The largest absolute Gasteiger partial charge is 0.350 e. The van der Waals surface area contributed by atoms with Crippen LogP contribution in [0.2, 0.25) is 0 Å². The van der Waals surface area contributed by atoms with Crippen molar-refractivity contribution < 1.29 is 0 Å². The van der Waals surface area contributed by atoms with Gasteiger partial charge in [-0.15, -0.1) is 0 Å². The summed E-state index contributed by atoms with van der Waals surface area (Å²) in [4.78, 5) is 13.7. The molecule has 0 spiro atoms. The highest BCUT2D eigenvalue weighted by Crippen LogP contribution is 2.27. The molecule has 1 atom stereocenters.